The summed E-state index contributed by atoms with van der Waals surface area (Å²) in [7, 11) is 4.62. The Balaban J connectivity index is 1.97. The first-order valence-electron chi connectivity index (χ1n) is 7.31. The van der Waals surface area contributed by atoms with E-state index in [0.29, 0.717) is 17.2 Å². The minimum Gasteiger partial charge on any atom is -0.493 e. The normalized spacial score (nSPS) is 10.1. The Morgan fingerprint density at radius 1 is 1.29 bits per heavy atom. The van der Waals surface area contributed by atoms with Crippen LogP contribution >= 0.6 is 0 Å². The van der Waals surface area contributed by atoms with Gasteiger partial charge in [0.1, 0.15) is 6.61 Å². The van der Waals surface area contributed by atoms with Crippen LogP contribution in [0.25, 0.3) is 0 Å². The fourth-order valence-electron chi connectivity index (χ4n) is 2.00. The van der Waals surface area contributed by atoms with Crippen LogP contribution in [0.15, 0.2) is 30.3 Å². The van der Waals surface area contributed by atoms with Crippen molar-refractivity contribution in [2.45, 2.75) is 6.61 Å². The van der Waals surface area contributed by atoms with Crippen LogP contribution in [0.2, 0.25) is 0 Å². The van der Waals surface area contributed by atoms with Crippen LogP contribution in [0, 0.1) is 0 Å². The molecule has 0 bridgehead atoms. The number of carbonyl (C=O) groups is 2. The number of likely N-dealkylation sites (N-methyl/N-ethyl adjacent to an activating group) is 2. The zero-order valence-corrected chi connectivity index (χ0v) is 13.8. The number of amides is 2. The van der Waals surface area contributed by atoms with Crippen LogP contribution in [0.3, 0.4) is 0 Å². The van der Waals surface area contributed by atoms with Crippen LogP contribution in [-0.2, 0) is 11.4 Å². The molecule has 2 N–H and O–H groups in total. The molecule has 0 spiro atoms. The predicted octanol–water partition coefficient (Wildman–Crippen LogP) is 0.815. The van der Waals surface area contributed by atoms with Crippen molar-refractivity contribution in [3.05, 3.63) is 41.7 Å². The molecular weight excluding hydrogens is 312 g/mol. The van der Waals surface area contributed by atoms with E-state index in [1.165, 1.54) is 19.0 Å². The zero-order valence-electron chi connectivity index (χ0n) is 13.8. The van der Waals surface area contributed by atoms with Gasteiger partial charge in [-0.2, -0.15) is 5.10 Å². The summed E-state index contributed by atoms with van der Waals surface area (Å²) < 4.78 is 10.9. The van der Waals surface area contributed by atoms with Gasteiger partial charge < -0.3 is 19.7 Å². The van der Waals surface area contributed by atoms with E-state index in [2.05, 4.69) is 15.5 Å². The van der Waals surface area contributed by atoms with Gasteiger partial charge in [0.05, 0.1) is 19.3 Å². The number of aromatic amines is 1. The molecule has 128 valence electrons. The Morgan fingerprint density at radius 3 is 2.67 bits per heavy atom. The summed E-state index contributed by atoms with van der Waals surface area (Å²) in [5.74, 6) is 0.623. The summed E-state index contributed by atoms with van der Waals surface area (Å²) in [4.78, 5) is 24.8. The van der Waals surface area contributed by atoms with Crippen molar-refractivity contribution >= 4 is 11.8 Å². The molecule has 0 atom stereocenters. The van der Waals surface area contributed by atoms with Crippen molar-refractivity contribution in [2.24, 2.45) is 0 Å². The van der Waals surface area contributed by atoms with Crippen LogP contribution in [0.1, 0.15) is 16.2 Å². The lowest BCUT2D eigenvalue weighted by atomic mass is 10.3. The molecule has 2 amide bonds. The lowest BCUT2D eigenvalue weighted by Gasteiger charge is -2.14. The third kappa shape index (κ3) is 4.25. The molecule has 8 nitrogen and oxygen atoms in total. The number of H-pyrrole nitrogens is 1. The van der Waals surface area contributed by atoms with Gasteiger partial charge >= 0.3 is 0 Å². The molecule has 0 fully saturated rings. The van der Waals surface area contributed by atoms with Gasteiger partial charge in [-0.3, -0.25) is 14.7 Å². The fraction of sp³-hybridized carbons (Fsp3) is 0.312. The molecule has 0 aliphatic rings. The van der Waals surface area contributed by atoms with Crippen molar-refractivity contribution in [1.29, 1.82) is 0 Å². The number of methoxy groups -OCH3 is 1. The van der Waals surface area contributed by atoms with Crippen molar-refractivity contribution in [2.75, 3.05) is 27.7 Å². The van der Waals surface area contributed by atoms with Gasteiger partial charge in [-0.15, -0.1) is 0 Å². The van der Waals surface area contributed by atoms with E-state index in [0.717, 1.165) is 0 Å². The average Bonchev–Trinajstić information content (AvgIpc) is 3.08. The first-order valence-corrected chi connectivity index (χ1v) is 7.31. The maximum Gasteiger partial charge on any atom is 0.274 e. The van der Waals surface area contributed by atoms with Crippen molar-refractivity contribution < 1.29 is 19.1 Å². The summed E-state index contributed by atoms with van der Waals surface area (Å²) in [6.07, 6.45) is 0. The van der Waals surface area contributed by atoms with E-state index in [1.807, 2.05) is 12.1 Å². The number of para-hydroxylation sites is 2. The van der Waals surface area contributed by atoms with E-state index in [-0.39, 0.29) is 30.7 Å². The van der Waals surface area contributed by atoms with E-state index < -0.39 is 0 Å². The highest BCUT2D eigenvalue weighted by Gasteiger charge is 2.17. The Bertz CT molecular complexity index is 714. The second kappa shape index (κ2) is 8.00. The highest BCUT2D eigenvalue weighted by atomic mass is 16.5. The summed E-state index contributed by atoms with van der Waals surface area (Å²) in [6.45, 7) is 0.176. The molecule has 2 rings (SSSR count). The maximum atomic E-state index is 12.2. The molecule has 2 aromatic rings. The number of nitrogens with one attached hydrogen (secondary N) is 2. The smallest absolute Gasteiger partial charge is 0.274 e. The number of ether oxygens (including phenoxy) is 2. The number of rotatable bonds is 7. The van der Waals surface area contributed by atoms with Crippen molar-refractivity contribution in [1.82, 2.24) is 20.4 Å². The lowest BCUT2D eigenvalue weighted by molar-refractivity contribution is -0.121. The highest BCUT2D eigenvalue weighted by Crippen LogP contribution is 2.26. The number of hydrogen-bond acceptors (Lipinski definition) is 5. The zero-order chi connectivity index (χ0) is 17.5. The minimum atomic E-state index is -0.349. The first-order chi connectivity index (χ1) is 11.5. The first kappa shape index (κ1) is 17.3. The molecule has 24 heavy (non-hydrogen) atoms. The molecule has 0 saturated carbocycles. The summed E-state index contributed by atoms with van der Waals surface area (Å²) in [5, 5.41) is 9.18. The Kier molecular flexibility index (Phi) is 5.78. The fourth-order valence-corrected chi connectivity index (χ4v) is 2.00. The van der Waals surface area contributed by atoms with Gasteiger partial charge in [-0.25, -0.2) is 0 Å². The van der Waals surface area contributed by atoms with Crippen LogP contribution in [0.5, 0.6) is 11.5 Å². The minimum absolute atomic E-state index is 0.0325. The van der Waals surface area contributed by atoms with Gasteiger partial charge in [0.15, 0.2) is 17.2 Å². The number of carbonyl (C=O) groups excluding carboxylic acids is 2. The van der Waals surface area contributed by atoms with Gasteiger partial charge in [0.2, 0.25) is 5.91 Å². The molecule has 0 aliphatic carbocycles. The quantitative estimate of drug-likeness (QED) is 0.782. The van der Waals surface area contributed by atoms with E-state index >= 15 is 0 Å². The summed E-state index contributed by atoms with van der Waals surface area (Å²) >= 11 is 0. The molecule has 0 unspecified atom stereocenters. The third-order valence-electron chi connectivity index (χ3n) is 3.31. The van der Waals surface area contributed by atoms with E-state index in [4.69, 9.17) is 9.47 Å². The second-order valence-corrected chi connectivity index (χ2v) is 5.05. The van der Waals surface area contributed by atoms with Gasteiger partial charge in [-0.05, 0) is 18.2 Å². The van der Waals surface area contributed by atoms with Crippen LogP contribution in [-0.4, -0.2) is 54.7 Å². The molecule has 0 radical (unpaired) electrons. The second-order valence-electron chi connectivity index (χ2n) is 5.05. The topological polar surface area (TPSA) is 96.5 Å². The van der Waals surface area contributed by atoms with Crippen molar-refractivity contribution in [3.8, 4) is 11.5 Å². The van der Waals surface area contributed by atoms with Gasteiger partial charge in [0.25, 0.3) is 5.91 Å². The largest absolute Gasteiger partial charge is 0.493 e. The van der Waals surface area contributed by atoms with E-state index in [1.54, 1.807) is 25.3 Å². The number of benzene rings is 1. The van der Waals surface area contributed by atoms with E-state index in [9.17, 15) is 9.59 Å². The molecular formula is C16H20N4O4. The standard InChI is InChI=1S/C16H20N4O4/c1-17-15(21)9-20(2)16(22)12-8-11(18-19-12)10-24-14-7-5-4-6-13(14)23-3/h4-8H,9-10H2,1-3H3,(H,17,21)(H,18,19). The number of aromatic nitrogens is 2. The summed E-state index contributed by atoms with van der Waals surface area (Å²) in [5.41, 5.74) is 0.859. The Morgan fingerprint density at radius 2 is 2.00 bits per heavy atom. The molecule has 0 saturated heterocycles. The SMILES string of the molecule is CNC(=O)CN(C)C(=O)c1cc(COc2ccccc2OC)[nH]n1. The Labute approximate surface area is 139 Å². The highest BCUT2D eigenvalue weighted by molar-refractivity contribution is 5.94. The molecule has 1 heterocycles. The third-order valence-corrected chi connectivity index (χ3v) is 3.31. The van der Waals surface area contributed by atoms with Gasteiger partial charge in [-0.1, -0.05) is 12.1 Å². The van der Waals surface area contributed by atoms with Crippen LogP contribution < -0.4 is 14.8 Å². The number of nitrogens with zero attached hydrogens (tertiary/aromatic N) is 2. The maximum absolute atomic E-state index is 12.2. The predicted molar refractivity (Wildman–Crippen MR) is 86.9 cm³/mol. The number of hydrogen-bond donors (Lipinski definition) is 2. The van der Waals surface area contributed by atoms with Crippen molar-refractivity contribution in [3.63, 3.8) is 0 Å². The Hall–Kier alpha value is -3.03. The molecule has 1 aromatic heterocycles. The molecule has 0 aliphatic heterocycles. The lowest BCUT2D eigenvalue weighted by Crippen LogP contribution is -2.37. The van der Waals surface area contributed by atoms with Crippen LogP contribution in [0.4, 0.5) is 0 Å². The van der Waals surface area contributed by atoms with Gasteiger partial charge in [0, 0.05) is 14.1 Å². The molecule has 8 heteroatoms. The molecule has 1 aromatic carbocycles. The monoisotopic (exact) mass is 332 g/mol. The average molecular weight is 332 g/mol. The summed E-state index contributed by atoms with van der Waals surface area (Å²) in [6, 6.07) is 8.87.